The van der Waals surface area contributed by atoms with E-state index in [0.717, 1.165) is 53.0 Å². The van der Waals surface area contributed by atoms with Crippen molar-refractivity contribution in [3.63, 3.8) is 0 Å². The third-order valence-electron chi connectivity index (χ3n) is 5.44. The van der Waals surface area contributed by atoms with Gasteiger partial charge in [-0.05, 0) is 57.2 Å². The molecule has 0 spiro atoms. The zero-order chi connectivity index (χ0) is 21.8. The first-order chi connectivity index (χ1) is 15.1. The minimum atomic E-state index is -0.470. The van der Waals surface area contributed by atoms with Crippen molar-refractivity contribution >= 4 is 33.4 Å². The van der Waals surface area contributed by atoms with Crippen LogP contribution in [0.3, 0.4) is 0 Å². The summed E-state index contributed by atoms with van der Waals surface area (Å²) >= 11 is 1.34. The molecule has 0 saturated heterocycles. The summed E-state index contributed by atoms with van der Waals surface area (Å²) in [5.74, 6) is -0.626. The number of amides is 1. The van der Waals surface area contributed by atoms with E-state index in [1.807, 2.05) is 54.9 Å². The van der Waals surface area contributed by atoms with Crippen LogP contribution in [0.5, 0.6) is 0 Å². The minimum Gasteiger partial charge on any atom is -0.451 e. The highest BCUT2D eigenvalue weighted by molar-refractivity contribution is 7.20. The zero-order valence-corrected chi connectivity index (χ0v) is 18.8. The van der Waals surface area contributed by atoms with E-state index in [-0.39, 0.29) is 12.5 Å². The van der Waals surface area contributed by atoms with E-state index in [2.05, 4.69) is 11.2 Å². The van der Waals surface area contributed by atoms with Crippen molar-refractivity contribution in [1.82, 2.24) is 14.7 Å². The molecule has 31 heavy (non-hydrogen) atoms. The van der Waals surface area contributed by atoms with E-state index >= 15 is 0 Å². The van der Waals surface area contributed by atoms with E-state index < -0.39 is 5.97 Å². The number of esters is 1. The molecule has 0 fully saturated rings. The molecule has 0 N–H and O–H groups in total. The average molecular weight is 438 g/mol. The van der Waals surface area contributed by atoms with Crippen LogP contribution >= 0.6 is 11.3 Å². The Labute approximate surface area is 186 Å². The van der Waals surface area contributed by atoms with Crippen LogP contribution < -0.4 is 0 Å². The summed E-state index contributed by atoms with van der Waals surface area (Å²) in [4.78, 5) is 28.6. The van der Waals surface area contributed by atoms with Crippen LogP contribution in [0, 0.1) is 6.92 Å². The number of hydrogen-bond acceptors (Lipinski definition) is 5. The largest absolute Gasteiger partial charge is 0.451 e. The molecule has 4 rings (SSSR count). The first-order valence-corrected chi connectivity index (χ1v) is 11.6. The second kappa shape index (κ2) is 9.47. The third-order valence-corrected chi connectivity index (χ3v) is 6.53. The number of rotatable bonds is 7. The van der Waals surface area contributed by atoms with Crippen molar-refractivity contribution in [2.24, 2.45) is 0 Å². The lowest BCUT2D eigenvalue weighted by Crippen LogP contribution is -2.35. The fourth-order valence-corrected chi connectivity index (χ4v) is 4.96. The van der Waals surface area contributed by atoms with Crippen molar-refractivity contribution in [3.05, 3.63) is 58.7 Å². The molecule has 162 valence electrons. The number of carbonyl (C=O) groups is 2. The van der Waals surface area contributed by atoms with Gasteiger partial charge in [-0.3, -0.25) is 4.79 Å². The van der Waals surface area contributed by atoms with Crippen LogP contribution in [-0.2, 0) is 9.53 Å². The first-order valence-electron chi connectivity index (χ1n) is 10.8. The second-order valence-electron chi connectivity index (χ2n) is 7.72. The predicted molar refractivity (Wildman–Crippen MR) is 123 cm³/mol. The highest BCUT2D eigenvalue weighted by atomic mass is 32.1. The zero-order valence-electron chi connectivity index (χ0n) is 18.0. The predicted octanol–water partition coefficient (Wildman–Crippen LogP) is 5.25. The fraction of sp³-hybridized carbons (Fsp3) is 0.375. The van der Waals surface area contributed by atoms with Gasteiger partial charge in [0.05, 0.1) is 11.4 Å². The Bertz CT molecular complexity index is 1110. The second-order valence-corrected chi connectivity index (χ2v) is 8.76. The number of hydrogen-bond donors (Lipinski definition) is 0. The van der Waals surface area contributed by atoms with Gasteiger partial charge in [-0.2, -0.15) is 5.10 Å². The number of benzene rings is 1. The number of ether oxygens (including phenoxy) is 1. The Hall–Kier alpha value is -2.93. The lowest BCUT2D eigenvalue weighted by Gasteiger charge is -2.27. The third kappa shape index (κ3) is 4.56. The van der Waals surface area contributed by atoms with Crippen LogP contribution in [0.4, 0.5) is 0 Å². The number of aromatic nitrogens is 2. The maximum absolute atomic E-state index is 12.8. The molecule has 0 radical (unpaired) electrons. The Kier molecular flexibility index (Phi) is 6.51. The average Bonchev–Trinajstić information content (AvgIpc) is 3.37. The topological polar surface area (TPSA) is 64.4 Å². The van der Waals surface area contributed by atoms with Gasteiger partial charge in [0, 0.05) is 17.6 Å². The van der Waals surface area contributed by atoms with Gasteiger partial charge in [-0.1, -0.05) is 31.2 Å². The van der Waals surface area contributed by atoms with Crippen LogP contribution in [0.15, 0.2) is 48.2 Å². The highest BCUT2D eigenvalue weighted by Crippen LogP contribution is 2.31. The van der Waals surface area contributed by atoms with Gasteiger partial charge in [-0.25, -0.2) is 9.48 Å². The summed E-state index contributed by atoms with van der Waals surface area (Å²) in [6, 6.07) is 11.6. The van der Waals surface area contributed by atoms with E-state index in [9.17, 15) is 9.59 Å². The highest BCUT2D eigenvalue weighted by Gasteiger charge is 2.22. The van der Waals surface area contributed by atoms with E-state index in [0.29, 0.717) is 11.4 Å². The van der Waals surface area contributed by atoms with Gasteiger partial charge in [0.2, 0.25) is 0 Å². The van der Waals surface area contributed by atoms with Gasteiger partial charge in [0.15, 0.2) is 6.61 Å². The Morgan fingerprint density at radius 2 is 2.03 bits per heavy atom. The standard InChI is InChI=1S/C24H27N3O3S/c1-3-14-26(18-10-6-4-7-11-18)22(28)16-30-24(29)21-15-20-17(2)25-27(23(20)31-21)19-12-8-5-9-13-19/h5,8-10,12-13,15H,3-4,6-7,11,14,16H2,1-2H3. The Morgan fingerprint density at radius 3 is 2.74 bits per heavy atom. The summed E-state index contributed by atoms with van der Waals surface area (Å²) in [6.45, 7) is 4.38. The van der Waals surface area contributed by atoms with E-state index in [1.165, 1.54) is 17.8 Å². The van der Waals surface area contributed by atoms with Crippen LogP contribution in [0.2, 0.25) is 0 Å². The lowest BCUT2D eigenvalue weighted by atomic mass is 10.0. The van der Waals surface area contributed by atoms with Crippen molar-refractivity contribution in [3.8, 4) is 5.69 Å². The van der Waals surface area contributed by atoms with Crippen molar-refractivity contribution in [2.45, 2.75) is 46.0 Å². The quantitative estimate of drug-likeness (QED) is 0.474. The smallest absolute Gasteiger partial charge is 0.348 e. The van der Waals surface area contributed by atoms with E-state index in [1.54, 1.807) is 4.90 Å². The molecule has 2 aromatic heterocycles. The molecule has 2 heterocycles. The molecule has 6 nitrogen and oxygen atoms in total. The molecular weight excluding hydrogens is 410 g/mol. The van der Waals surface area contributed by atoms with Crippen LogP contribution in [0.1, 0.15) is 54.4 Å². The van der Waals surface area contributed by atoms with E-state index in [4.69, 9.17) is 4.74 Å². The molecule has 0 aliphatic heterocycles. The number of thiophene rings is 1. The molecule has 7 heteroatoms. The number of allylic oxidation sites excluding steroid dienone is 2. The molecule has 3 aromatic rings. The number of aryl methyl sites for hydroxylation is 1. The van der Waals surface area contributed by atoms with Crippen molar-refractivity contribution in [2.75, 3.05) is 13.2 Å². The maximum atomic E-state index is 12.8. The summed E-state index contributed by atoms with van der Waals surface area (Å²) in [7, 11) is 0. The van der Waals surface area contributed by atoms with Crippen molar-refractivity contribution in [1.29, 1.82) is 0 Å². The molecule has 0 atom stereocenters. The Balaban J connectivity index is 1.48. The van der Waals surface area contributed by atoms with Crippen molar-refractivity contribution < 1.29 is 14.3 Å². The fourth-order valence-electron chi connectivity index (χ4n) is 3.89. The lowest BCUT2D eigenvalue weighted by molar-refractivity contribution is -0.132. The molecule has 1 amide bonds. The number of nitrogens with zero attached hydrogens (tertiary/aromatic N) is 3. The Morgan fingerprint density at radius 1 is 1.23 bits per heavy atom. The molecule has 0 bridgehead atoms. The van der Waals surface area contributed by atoms with Crippen LogP contribution in [-0.4, -0.2) is 39.7 Å². The normalized spacial score (nSPS) is 13.8. The van der Waals surface area contributed by atoms with Gasteiger partial charge in [0.25, 0.3) is 5.91 Å². The van der Waals surface area contributed by atoms with Gasteiger partial charge in [-0.15, -0.1) is 11.3 Å². The minimum absolute atomic E-state index is 0.156. The molecule has 0 unspecified atom stereocenters. The molecule has 0 saturated carbocycles. The van der Waals surface area contributed by atoms with Gasteiger partial charge < -0.3 is 9.64 Å². The van der Waals surface area contributed by atoms with Crippen LogP contribution in [0.25, 0.3) is 15.9 Å². The summed E-state index contributed by atoms with van der Waals surface area (Å²) in [5.41, 5.74) is 2.85. The number of para-hydroxylation sites is 1. The number of fused-ring (bicyclic) bond motifs is 1. The SMILES string of the molecule is CCCN(C(=O)COC(=O)c1cc2c(C)nn(-c3ccccc3)c2s1)C1=CCCCC1. The molecule has 1 aromatic carbocycles. The van der Waals surface area contributed by atoms with Gasteiger partial charge >= 0.3 is 5.97 Å². The summed E-state index contributed by atoms with van der Waals surface area (Å²) in [6.07, 6.45) is 7.18. The molecule has 1 aliphatic rings. The molecular formula is C24H27N3O3S. The number of carbonyl (C=O) groups excluding carboxylic acids is 2. The monoisotopic (exact) mass is 437 g/mol. The van der Waals surface area contributed by atoms with Gasteiger partial charge in [0.1, 0.15) is 9.71 Å². The summed E-state index contributed by atoms with van der Waals surface area (Å²) < 4.78 is 7.26. The molecule has 1 aliphatic carbocycles. The maximum Gasteiger partial charge on any atom is 0.348 e. The summed E-state index contributed by atoms with van der Waals surface area (Å²) in [5, 5.41) is 5.52. The first kappa shape index (κ1) is 21.3.